The standard InChI is InChI=1S/C15H25N3OS2/c1-16-15(17-10-6-7-12-20-2)18-11-13-21(19)14-8-4-3-5-9-14/h3-5,8-9H,6-7,10-13H2,1-2H3,(H2,16,17,18). The third-order valence-electron chi connectivity index (χ3n) is 2.88. The van der Waals surface area contributed by atoms with E-state index >= 15 is 0 Å². The minimum atomic E-state index is -0.960. The van der Waals surface area contributed by atoms with Crippen LogP contribution >= 0.6 is 11.8 Å². The van der Waals surface area contributed by atoms with E-state index in [1.807, 2.05) is 42.1 Å². The van der Waals surface area contributed by atoms with Crippen LogP contribution in [0.25, 0.3) is 0 Å². The summed E-state index contributed by atoms with van der Waals surface area (Å²) in [6, 6.07) is 9.55. The molecule has 118 valence electrons. The molecule has 1 aromatic rings. The number of hydrogen-bond donors (Lipinski definition) is 2. The number of thioether (sulfide) groups is 1. The van der Waals surface area contributed by atoms with Gasteiger partial charge in [0.15, 0.2) is 5.96 Å². The Morgan fingerprint density at radius 1 is 1.19 bits per heavy atom. The van der Waals surface area contributed by atoms with E-state index in [0.717, 1.165) is 23.8 Å². The number of unbranched alkanes of at least 4 members (excludes halogenated alkanes) is 1. The molecular weight excluding hydrogens is 302 g/mol. The molecule has 0 aliphatic heterocycles. The van der Waals surface area contributed by atoms with Crippen LogP contribution in [0.1, 0.15) is 12.8 Å². The van der Waals surface area contributed by atoms with Gasteiger partial charge >= 0.3 is 0 Å². The molecule has 0 aliphatic carbocycles. The first kappa shape index (κ1) is 18.0. The molecule has 0 saturated heterocycles. The van der Waals surface area contributed by atoms with Crippen LogP contribution in [0.4, 0.5) is 0 Å². The molecule has 1 unspecified atom stereocenters. The molecule has 4 nitrogen and oxygen atoms in total. The molecule has 0 aromatic heterocycles. The van der Waals surface area contributed by atoms with Crippen molar-refractivity contribution >= 4 is 28.5 Å². The first-order chi connectivity index (χ1) is 10.3. The van der Waals surface area contributed by atoms with Crippen LogP contribution in [-0.4, -0.2) is 48.1 Å². The highest BCUT2D eigenvalue weighted by molar-refractivity contribution is 7.98. The molecule has 0 spiro atoms. The van der Waals surface area contributed by atoms with Gasteiger partial charge in [0.25, 0.3) is 0 Å². The summed E-state index contributed by atoms with van der Waals surface area (Å²) in [6.45, 7) is 1.56. The van der Waals surface area contributed by atoms with Gasteiger partial charge in [0.05, 0.1) is 10.8 Å². The third kappa shape index (κ3) is 8.12. The summed E-state index contributed by atoms with van der Waals surface area (Å²) in [5.41, 5.74) is 0. The molecule has 0 amide bonds. The van der Waals surface area contributed by atoms with Crippen LogP contribution in [0.5, 0.6) is 0 Å². The van der Waals surface area contributed by atoms with Crippen molar-refractivity contribution in [3.05, 3.63) is 30.3 Å². The van der Waals surface area contributed by atoms with Crippen LogP contribution < -0.4 is 10.6 Å². The quantitative estimate of drug-likeness (QED) is 0.414. The third-order valence-corrected chi connectivity index (χ3v) is 4.95. The predicted molar refractivity (Wildman–Crippen MR) is 94.7 cm³/mol. The van der Waals surface area contributed by atoms with E-state index < -0.39 is 10.8 Å². The summed E-state index contributed by atoms with van der Waals surface area (Å²) in [5, 5.41) is 6.47. The Labute approximate surface area is 134 Å². The van der Waals surface area contributed by atoms with Crippen LogP contribution in [0.2, 0.25) is 0 Å². The molecular formula is C15H25N3OS2. The number of rotatable bonds is 9. The van der Waals surface area contributed by atoms with Crippen LogP contribution in [0.3, 0.4) is 0 Å². The van der Waals surface area contributed by atoms with Crippen LogP contribution in [0.15, 0.2) is 40.2 Å². The lowest BCUT2D eigenvalue weighted by molar-refractivity contribution is 0.680. The Hall–Kier alpha value is -1.01. The lowest BCUT2D eigenvalue weighted by atomic mass is 10.3. The highest BCUT2D eigenvalue weighted by Crippen LogP contribution is 2.04. The predicted octanol–water partition coefficient (Wildman–Crippen LogP) is 2.10. The minimum absolute atomic E-state index is 0.581. The smallest absolute Gasteiger partial charge is 0.191 e. The van der Waals surface area contributed by atoms with E-state index in [-0.39, 0.29) is 0 Å². The second kappa shape index (κ2) is 11.6. The Kier molecular flexibility index (Phi) is 9.99. The zero-order valence-corrected chi connectivity index (χ0v) is 14.4. The van der Waals surface area contributed by atoms with Crippen molar-refractivity contribution in [3.8, 4) is 0 Å². The minimum Gasteiger partial charge on any atom is -0.356 e. The van der Waals surface area contributed by atoms with E-state index in [2.05, 4.69) is 21.9 Å². The summed E-state index contributed by atoms with van der Waals surface area (Å²) in [6.07, 6.45) is 4.47. The van der Waals surface area contributed by atoms with Crippen molar-refractivity contribution in [2.75, 3.05) is 37.9 Å². The van der Waals surface area contributed by atoms with E-state index in [0.29, 0.717) is 12.3 Å². The number of nitrogens with zero attached hydrogens (tertiary/aromatic N) is 1. The monoisotopic (exact) mass is 327 g/mol. The zero-order chi connectivity index (χ0) is 15.3. The maximum atomic E-state index is 12.1. The van der Waals surface area contributed by atoms with Crippen molar-refractivity contribution in [2.45, 2.75) is 17.7 Å². The Balaban J connectivity index is 2.19. The molecule has 0 aliphatic rings. The van der Waals surface area contributed by atoms with Gasteiger partial charge in [0.2, 0.25) is 0 Å². The van der Waals surface area contributed by atoms with Crippen LogP contribution in [-0.2, 0) is 10.8 Å². The number of aliphatic imine (C=N–C) groups is 1. The average Bonchev–Trinajstić information content (AvgIpc) is 2.53. The Bertz CT molecular complexity index is 438. The highest BCUT2D eigenvalue weighted by atomic mass is 32.2. The van der Waals surface area contributed by atoms with E-state index in [1.54, 1.807) is 7.05 Å². The fraction of sp³-hybridized carbons (Fsp3) is 0.533. The van der Waals surface area contributed by atoms with Gasteiger partial charge in [0, 0.05) is 30.8 Å². The van der Waals surface area contributed by atoms with Gasteiger partial charge in [-0.2, -0.15) is 11.8 Å². The van der Waals surface area contributed by atoms with Gasteiger partial charge in [-0.3, -0.25) is 9.20 Å². The van der Waals surface area contributed by atoms with Gasteiger partial charge in [-0.15, -0.1) is 0 Å². The highest BCUT2D eigenvalue weighted by Gasteiger charge is 2.03. The van der Waals surface area contributed by atoms with Crippen molar-refractivity contribution in [1.29, 1.82) is 0 Å². The number of guanidine groups is 1. The maximum absolute atomic E-state index is 12.1. The van der Waals surface area contributed by atoms with E-state index in [9.17, 15) is 4.21 Å². The molecule has 1 aromatic carbocycles. The summed E-state index contributed by atoms with van der Waals surface area (Å²) in [5.74, 6) is 2.56. The molecule has 0 heterocycles. The van der Waals surface area contributed by atoms with E-state index in [1.165, 1.54) is 12.2 Å². The van der Waals surface area contributed by atoms with E-state index in [4.69, 9.17) is 0 Å². The molecule has 1 atom stereocenters. The normalized spacial score (nSPS) is 13.0. The number of benzene rings is 1. The van der Waals surface area contributed by atoms with Gasteiger partial charge in [-0.05, 0) is 37.0 Å². The number of hydrogen-bond acceptors (Lipinski definition) is 3. The molecule has 0 saturated carbocycles. The second-order valence-electron chi connectivity index (χ2n) is 4.49. The average molecular weight is 328 g/mol. The van der Waals surface area contributed by atoms with Crippen molar-refractivity contribution < 1.29 is 4.21 Å². The first-order valence-electron chi connectivity index (χ1n) is 7.15. The summed E-state index contributed by atoms with van der Waals surface area (Å²) in [4.78, 5) is 5.04. The molecule has 2 N–H and O–H groups in total. The first-order valence-corrected chi connectivity index (χ1v) is 9.86. The Morgan fingerprint density at radius 2 is 1.90 bits per heavy atom. The molecule has 21 heavy (non-hydrogen) atoms. The van der Waals surface area contributed by atoms with Gasteiger partial charge in [0.1, 0.15) is 0 Å². The SMILES string of the molecule is CN=C(NCCCCSC)NCCS(=O)c1ccccc1. The zero-order valence-electron chi connectivity index (χ0n) is 12.8. The second-order valence-corrected chi connectivity index (χ2v) is 7.04. The van der Waals surface area contributed by atoms with Gasteiger partial charge in [-0.1, -0.05) is 18.2 Å². The lowest BCUT2D eigenvalue weighted by Gasteiger charge is -2.11. The summed E-state index contributed by atoms with van der Waals surface area (Å²) in [7, 11) is 0.795. The van der Waals surface area contributed by atoms with Crippen LogP contribution in [0, 0.1) is 0 Å². The van der Waals surface area contributed by atoms with Gasteiger partial charge < -0.3 is 10.6 Å². The lowest BCUT2D eigenvalue weighted by Crippen LogP contribution is -2.39. The molecule has 6 heteroatoms. The van der Waals surface area contributed by atoms with Crippen molar-refractivity contribution in [2.24, 2.45) is 4.99 Å². The Morgan fingerprint density at radius 3 is 2.57 bits per heavy atom. The molecule has 1 rings (SSSR count). The van der Waals surface area contributed by atoms with Crippen molar-refractivity contribution in [1.82, 2.24) is 10.6 Å². The fourth-order valence-corrected chi connectivity index (χ4v) is 3.23. The van der Waals surface area contributed by atoms with Gasteiger partial charge in [-0.25, -0.2) is 0 Å². The van der Waals surface area contributed by atoms with Crippen molar-refractivity contribution in [3.63, 3.8) is 0 Å². The summed E-state index contributed by atoms with van der Waals surface area (Å²) >= 11 is 1.87. The number of nitrogens with one attached hydrogen (secondary N) is 2. The fourth-order valence-electron chi connectivity index (χ4n) is 1.75. The molecule has 0 radical (unpaired) electrons. The summed E-state index contributed by atoms with van der Waals surface area (Å²) < 4.78 is 12.1. The molecule has 0 fully saturated rings. The maximum Gasteiger partial charge on any atom is 0.191 e. The molecule has 0 bridgehead atoms. The largest absolute Gasteiger partial charge is 0.356 e. The topological polar surface area (TPSA) is 53.5 Å².